The van der Waals surface area contributed by atoms with Crippen LogP contribution in [0, 0.1) is 0 Å². The van der Waals surface area contributed by atoms with Crippen LogP contribution in [-0.4, -0.2) is 30.9 Å². The van der Waals surface area contributed by atoms with E-state index in [1.807, 2.05) is 30.3 Å². The molecule has 0 aromatic heterocycles. The molecule has 0 unspecified atom stereocenters. The van der Waals surface area contributed by atoms with E-state index in [-0.39, 0.29) is 13.2 Å². The van der Waals surface area contributed by atoms with Crippen LogP contribution in [0.3, 0.4) is 0 Å². The van der Waals surface area contributed by atoms with Gasteiger partial charge in [0.25, 0.3) is 0 Å². The predicted molar refractivity (Wildman–Crippen MR) is 54.9 cm³/mol. The molecule has 0 saturated carbocycles. The largest absolute Gasteiger partial charge is 0.459 e. The molecule has 4 heteroatoms. The van der Waals surface area contributed by atoms with Gasteiger partial charge in [0.2, 0.25) is 6.41 Å². The van der Waals surface area contributed by atoms with E-state index in [1.165, 1.54) is 11.9 Å². The fraction of sp³-hybridized carbons (Fsp3) is 0.273. The lowest BCUT2D eigenvalue weighted by Gasteiger charge is -2.09. The number of esters is 1. The number of nitrogens with zero attached hydrogens (tertiary/aromatic N) is 1. The fourth-order valence-electron chi connectivity index (χ4n) is 1.02. The summed E-state index contributed by atoms with van der Waals surface area (Å²) in [6.07, 6.45) is 0.587. The number of benzene rings is 1. The minimum absolute atomic E-state index is 0.0175. The molecule has 1 aromatic carbocycles. The Kier molecular flexibility index (Phi) is 4.34. The minimum atomic E-state index is -0.409. The molecule has 1 amide bonds. The van der Waals surface area contributed by atoms with Crippen molar-refractivity contribution in [3.05, 3.63) is 35.9 Å². The van der Waals surface area contributed by atoms with Gasteiger partial charge in [-0.3, -0.25) is 9.59 Å². The van der Waals surface area contributed by atoms with Crippen molar-refractivity contribution < 1.29 is 14.3 Å². The van der Waals surface area contributed by atoms with Crippen LogP contribution in [0.5, 0.6) is 0 Å². The molecule has 15 heavy (non-hydrogen) atoms. The van der Waals surface area contributed by atoms with Crippen molar-refractivity contribution in [1.29, 1.82) is 0 Å². The van der Waals surface area contributed by atoms with Crippen molar-refractivity contribution >= 4 is 12.4 Å². The summed E-state index contributed by atoms with van der Waals surface area (Å²) in [7, 11) is 1.52. The highest BCUT2D eigenvalue weighted by Crippen LogP contribution is 2.00. The van der Waals surface area contributed by atoms with Crippen molar-refractivity contribution in [3.8, 4) is 0 Å². The van der Waals surface area contributed by atoms with Crippen LogP contribution in [0.15, 0.2) is 30.3 Å². The Bertz CT molecular complexity index is 324. The van der Waals surface area contributed by atoms with Gasteiger partial charge >= 0.3 is 5.97 Å². The van der Waals surface area contributed by atoms with E-state index >= 15 is 0 Å². The van der Waals surface area contributed by atoms with E-state index in [4.69, 9.17) is 4.74 Å². The highest BCUT2D eigenvalue weighted by atomic mass is 16.5. The molecular weight excluding hydrogens is 194 g/mol. The van der Waals surface area contributed by atoms with Crippen LogP contribution in [0.2, 0.25) is 0 Å². The smallest absolute Gasteiger partial charge is 0.325 e. The third-order valence-electron chi connectivity index (χ3n) is 1.80. The molecule has 0 N–H and O–H groups in total. The second-order valence-corrected chi connectivity index (χ2v) is 3.17. The van der Waals surface area contributed by atoms with Gasteiger partial charge in [-0.1, -0.05) is 30.3 Å². The summed E-state index contributed by atoms with van der Waals surface area (Å²) in [5, 5.41) is 0. The Labute approximate surface area is 88.5 Å². The third kappa shape index (κ3) is 4.26. The van der Waals surface area contributed by atoms with Crippen molar-refractivity contribution in [2.45, 2.75) is 6.61 Å². The molecule has 1 rings (SSSR count). The molecule has 0 bridgehead atoms. The summed E-state index contributed by atoms with van der Waals surface area (Å²) in [6, 6.07) is 9.39. The Morgan fingerprint density at radius 3 is 2.67 bits per heavy atom. The summed E-state index contributed by atoms with van der Waals surface area (Å²) < 4.78 is 4.96. The van der Waals surface area contributed by atoms with E-state index in [0.717, 1.165) is 5.56 Å². The fourth-order valence-corrected chi connectivity index (χ4v) is 1.02. The van der Waals surface area contributed by atoms with Crippen LogP contribution >= 0.6 is 0 Å². The molecule has 1 aromatic rings. The Morgan fingerprint density at radius 2 is 2.07 bits per heavy atom. The first-order valence-electron chi connectivity index (χ1n) is 4.57. The topological polar surface area (TPSA) is 46.6 Å². The summed E-state index contributed by atoms with van der Waals surface area (Å²) in [5.74, 6) is -0.409. The van der Waals surface area contributed by atoms with Crippen LogP contribution in [-0.2, 0) is 20.9 Å². The second kappa shape index (κ2) is 5.80. The van der Waals surface area contributed by atoms with E-state index < -0.39 is 5.97 Å². The lowest BCUT2D eigenvalue weighted by atomic mass is 10.2. The molecule has 4 nitrogen and oxygen atoms in total. The molecule has 0 spiro atoms. The quantitative estimate of drug-likeness (QED) is 0.530. The zero-order valence-corrected chi connectivity index (χ0v) is 8.55. The number of hydrogen-bond donors (Lipinski definition) is 0. The molecule has 0 aliphatic heterocycles. The van der Waals surface area contributed by atoms with E-state index in [2.05, 4.69) is 0 Å². The van der Waals surface area contributed by atoms with Gasteiger partial charge in [0.1, 0.15) is 13.2 Å². The number of rotatable bonds is 5. The van der Waals surface area contributed by atoms with Gasteiger partial charge in [0.15, 0.2) is 0 Å². The summed E-state index contributed by atoms with van der Waals surface area (Å²) in [6.45, 7) is 0.225. The SMILES string of the molecule is CN(C=O)CC(=O)OCc1ccccc1. The maximum absolute atomic E-state index is 11.2. The maximum atomic E-state index is 11.2. The van der Waals surface area contributed by atoms with Gasteiger partial charge in [-0.15, -0.1) is 0 Å². The van der Waals surface area contributed by atoms with E-state index in [0.29, 0.717) is 6.41 Å². The molecule has 0 fully saturated rings. The first-order chi connectivity index (χ1) is 7.22. The van der Waals surface area contributed by atoms with Crippen LogP contribution in [0.25, 0.3) is 0 Å². The van der Waals surface area contributed by atoms with Crippen molar-refractivity contribution in [3.63, 3.8) is 0 Å². The maximum Gasteiger partial charge on any atom is 0.325 e. The lowest BCUT2D eigenvalue weighted by Crippen LogP contribution is -2.25. The number of likely N-dealkylation sites (N-methyl/N-ethyl adjacent to an activating group) is 1. The number of amides is 1. The molecule has 0 radical (unpaired) electrons. The van der Waals surface area contributed by atoms with Crippen LogP contribution in [0.1, 0.15) is 5.56 Å². The van der Waals surface area contributed by atoms with Gasteiger partial charge in [0.05, 0.1) is 0 Å². The second-order valence-electron chi connectivity index (χ2n) is 3.17. The summed E-state index contributed by atoms with van der Waals surface area (Å²) >= 11 is 0. The van der Waals surface area contributed by atoms with Crippen LogP contribution < -0.4 is 0 Å². The standard InChI is InChI=1S/C11H13NO3/c1-12(9-13)7-11(14)15-8-10-5-3-2-4-6-10/h2-6,9H,7-8H2,1H3. The first-order valence-corrected chi connectivity index (χ1v) is 4.57. The Morgan fingerprint density at radius 1 is 1.40 bits per heavy atom. The molecular formula is C11H13NO3. The van der Waals surface area contributed by atoms with Crippen LogP contribution in [0.4, 0.5) is 0 Å². The highest BCUT2D eigenvalue weighted by molar-refractivity contribution is 5.74. The lowest BCUT2D eigenvalue weighted by molar-refractivity contribution is -0.147. The molecule has 0 saturated heterocycles. The minimum Gasteiger partial charge on any atom is -0.459 e. The molecule has 0 heterocycles. The first kappa shape index (κ1) is 11.2. The number of carbonyl (C=O) groups excluding carboxylic acids is 2. The third-order valence-corrected chi connectivity index (χ3v) is 1.80. The average molecular weight is 207 g/mol. The molecule has 80 valence electrons. The molecule has 0 atom stereocenters. The molecule has 0 aliphatic carbocycles. The van der Waals surface area contributed by atoms with Gasteiger partial charge < -0.3 is 9.64 Å². The van der Waals surface area contributed by atoms with Gasteiger partial charge in [-0.25, -0.2) is 0 Å². The number of hydrogen-bond acceptors (Lipinski definition) is 3. The Hall–Kier alpha value is -1.84. The van der Waals surface area contributed by atoms with Gasteiger partial charge in [-0.05, 0) is 5.56 Å². The normalized spacial score (nSPS) is 9.40. The summed E-state index contributed by atoms with van der Waals surface area (Å²) in [5.41, 5.74) is 0.930. The van der Waals surface area contributed by atoms with Crippen molar-refractivity contribution in [1.82, 2.24) is 4.90 Å². The predicted octanol–water partition coefficient (Wildman–Crippen LogP) is 0.818. The highest BCUT2D eigenvalue weighted by Gasteiger charge is 2.05. The average Bonchev–Trinajstić information content (AvgIpc) is 2.27. The number of ether oxygens (including phenoxy) is 1. The zero-order valence-electron chi connectivity index (χ0n) is 8.55. The van der Waals surface area contributed by atoms with Crippen molar-refractivity contribution in [2.24, 2.45) is 0 Å². The Balaban J connectivity index is 2.31. The number of carbonyl (C=O) groups is 2. The molecule has 0 aliphatic rings. The zero-order chi connectivity index (χ0) is 11.1. The summed E-state index contributed by atoms with van der Waals surface area (Å²) in [4.78, 5) is 22.6. The van der Waals surface area contributed by atoms with E-state index in [1.54, 1.807) is 0 Å². The van der Waals surface area contributed by atoms with Crippen molar-refractivity contribution in [2.75, 3.05) is 13.6 Å². The van der Waals surface area contributed by atoms with Gasteiger partial charge in [-0.2, -0.15) is 0 Å². The monoisotopic (exact) mass is 207 g/mol. The van der Waals surface area contributed by atoms with E-state index in [9.17, 15) is 9.59 Å². The van der Waals surface area contributed by atoms with Gasteiger partial charge in [0, 0.05) is 7.05 Å².